The second-order valence-electron chi connectivity index (χ2n) is 6.17. The number of amides is 1. The summed E-state index contributed by atoms with van der Waals surface area (Å²) in [6, 6.07) is 7.49. The van der Waals surface area contributed by atoms with E-state index in [2.05, 4.69) is 20.7 Å². The smallest absolute Gasteiger partial charge is 0.290 e. The first kappa shape index (κ1) is 14.7. The summed E-state index contributed by atoms with van der Waals surface area (Å²) in [6.45, 7) is 2.56. The van der Waals surface area contributed by atoms with Gasteiger partial charge in [0.05, 0.1) is 10.7 Å². The molecule has 1 aromatic carbocycles. The molecule has 1 aromatic heterocycles. The summed E-state index contributed by atoms with van der Waals surface area (Å²) in [5.74, 6) is 1.71. The monoisotopic (exact) mass is 331 g/mol. The van der Waals surface area contributed by atoms with Crippen molar-refractivity contribution in [2.24, 2.45) is 5.92 Å². The van der Waals surface area contributed by atoms with Crippen LogP contribution in [0.25, 0.3) is 5.69 Å². The molecule has 2 aliphatic rings. The standard InChI is InChI=1S/C16H18ClN5O/c17-12-3-1-2-4-13(12)22-15(11-5-6-11)20-14(21-22)16(23)19-9-10-7-18-8-10/h1-4,10-11,18H,5-9H2,(H,19,23). The maximum absolute atomic E-state index is 12.3. The van der Waals surface area contributed by atoms with Crippen LogP contribution < -0.4 is 10.6 Å². The van der Waals surface area contributed by atoms with Gasteiger partial charge in [0.1, 0.15) is 5.82 Å². The molecule has 4 rings (SSSR count). The summed E-state index contributed by atoms with van der Waals surface area (Å²) in [5.41, 5.74) is 0.769. The molecule has 0 atom stereocenters. The van der Waals surface area contributed by atoms with Crippen LogP contribution in [0.15, 0.2) is 24.3 Å². The molecule has 0 unspecified atom stereocenters. The molecule has 6 nitrogen and oxygen atoms in total. The molecule has 2 fully saturated rings. The van der Waals surface area contributed by atoms with Crippen molar-refractivity contribution in [1.29, 1.82) is 0 Å². The third-order valence-corrected chi connectivity index (χ3v) is 4.60. The van der Waals surface area contributed by atoms with Gasteiger partial charge in [0.15, 0.2) is 0 Å². The summed E-state index contributed by atoms with van der Waals surface area (Å²) < 4.78 is 1.72. The van der Waals surface area contributed by atoms with Gasteiger partial charge in [0.2, 0.25) is 5.82 Å². The summed E-state index contributed by atoms with van der Waals surface area (Å²) >= 11 is 6.28. The van der Waals surface area contributed by atoms with Crippen molar-refractivity contribution >= 4 is 17.5 Å². The van der Waals surface area contributed by atoms with Crippen LogP contribution in [0.2, 0.25) is 5.02 Å². The van der Waals surface area contributed by atoms with Crippen LogP contribution in [0.4, 0.5) is 0 Å². The predicted octanol–water partition coefficient (Wildman–Crippen LogP) is 1.75. The average Bonchev–Trinajstić information content (AvgIpc) is 3.25. The van der Waals surface area contributed by atoms with Gasteiger partial charge in [-0.1, -0.05) is 23.7 Å². The predicted molar refractivity (Wildman–Crippen MR) is 87.0 cm³/mol. The molecule has 2 aromatic rings. The van der Waals surface area contributed by atoms with Crippen molar-refractivity contribution in [3.63, 3.8) is 0 Å². The molecule has 2 N–H and O–H groups in total. The van der Waals surface area contributed by atoms with E-state index in [1.807, 2.05) is 24.3 Å². The number of hydrogen-bond donors (Lipinski definition) is 2. The van der Waals surface area contributed by atoms with Crippen molar-refractivity contribution in [3.05, 3.63) is 40.9 Å². The Morgan fingerprint density at radius 2 is 2.13 bits per heavy atom. The van der Waals surface area contributed by atoms with E-state index in [0.29, 0.717) is 23.4 Å². The van der Waals surface area contributed by atoms with Gasteiger partial charge in [0, 0.05) is 31.5 Å². The number of carbonyl (C=O) groups excluding carboxylic acids is 1. The Bertz CT molecular complexity index is 736. The lowest BCUT2D eigenvalue weighted by molar-refractivity contribution is 0.0932. The largest absolute Gasteiger partial charge is 0.349 e. The number of hydrogen-bond acceptors (Lipinski definition) is 4. The van der Waals surface area contributed by atoms with Gasteiger partial charge < -0.3 is 10.6 Å². The first-order valence-corrected chi connectivity index (χ1v) is 8.31. The molecule has 2 heterocycles. The average molecular weight is 332 g/mol. The zero-order chi connectivity index (χ0) is 15.8. The Kier molecular flexibility index (Phi) is 3.79. The second kappa shape index (κ2) is 5.94. The topological polar surface area (TPSA) is 71.8 Å². The Morgan fingerprint density at radius 1 is 1.35 bits per heavy atom. The molecule has 1 saturated heterocycles. The highest BCUT2D eigenvalue weighted by Crippen LogP contribution is 2.40. The zero-order valence-electron chi connectivity index (χ0n) is 12.6. The first-order valence-electron chi connectivity index (χ1n) is 7.93. The van der Waals surface area contributed by atoms with Crippen LogP contribution >= 0.6 is 11.6 Å². The molecule has 1 aliphatic heterocycles. The van der Waals surface area contributed by atoms with Gasteiger partial charge in [-0.25, -0.2) is 9.67 Å². The molecule has 0 radical (unpaired) electrons. The number of nitrogens with zero attached hydrogens (tertiary/aromatic N) is 3. The summed E-state index contributed by atoms with van der Waals surface area (Å²) in [7, 11) is 0. The number of para-hydroxylation sites is 1. The normalized spacial score (nSPS) is 17.8. The molecule has 0 spiro atoms. The van der Waals surface area contributed by atoms with E-state index >= 15 is 0 Å². The summed E-state index contributed by atoms with van der Waals surface area (Å²) in [6.07, 6.45) is 2.16. The number of benzene rings is 1. The SMILES string of the molecule is O=C(NCC1CNC1)c1nc(C2CC2)n(-c2ccccc2Cl)n1. The lowest BCUT2D eigenvalue weighted by Gasteiger charge is -2.26. The van der Waals surface area contributed by atoms with Gasteiger partial charge in [0.25, 0.3) is 5.91 Å². The van der Waals surface area contributed by atoms with E-state index in [-0.39, 0.29) is 11.7 Å². The first-order chi connectivity index (χ1) is 11.2. The van der Waals surface area contributed by atoms with Crippen molar-refractivity contribution in [1.82, 2.24) is 25.4 Å². The van der Waals surface area contributed by atoms with Crippen molar-refractivity contribution < 1.29 is 4.79 Å². The van der Waals surface area contributed by atoms with Gasteiger partial charge in [-0.15, -0.1) is 5.10 Å². The lowest BCUT2D eigenvalue weighted by atomic mass is 10.0. The van der Waals surface area contributed by atoms with Crippen LogP contribution in [0.3, 0.4) is 0 Å². The van der Waals surface area contributed by atoms with E-state index in [0.717, 1.165) is 37.4 Å². The Balaban J connectivity index is 1.60. The Labute approximate surface area is 139 Å². The van der Waals surface area contributed by atoms with Gasteiger partial charge in [-0.05, 0) is 25.0 Å². The van der Waals surface area contributed by atoms with Crippen LogP contribution in [0.5, 0.6) is 0 Å². The molecule has 7 heteroatoms. The maximum Gasteiger partial charge on any atom is 0.290 e. The molecular weight excluding hydrogens is 314 g/mol. The molecular formula is C16H18ClN5O. The molecule has 23 heavy (non-hydrogen) atoms. The maximum atomic E-state index is 12.3. The number of carbonyl (C=O) groups is 1. The van der Waals surface area contributed by atoms with Crippen LogP contribution in [-0.2, 0) is 0 Å². The highest BCUT2D eigenvalue weighted by molar-refractivity contribution is 6.32. The minimum Gasteiger partial charge on any atom is -0.349 e. The molecule has 0 bridgehead atoms. The molecule has 1 saturated carbocycles. The minimum absolute atomic E-state index is 0.218. The molecule has 120 valence electrons. The van der Waals surface area contributed by atoms with E-state index in [1.54, 1.807) is 4.68 Å². The van der Waals surface area contributed by atoms with Crippen molar-refractivity contribution in [2.45, 2.75) is 18.8 Å². The Morgan fingerprint density at radius 3 is 2.78 bits per heavy atom. The fourth-order valence-electron chi connectivity index (χ4n) is 2.64. The van der Waals surface area contributed by atoms with E-state index in [4.69, 9.17) is 11.6 Å². The third kappa shape index (κ3) is 2.96. The van der Waals surface area contributed by atoms with Crippen LogP contribution in [0, 0.1) is 5.92 Å². The second-order valence-corrected chi connectivity index (χ2v) is 6.57. The molecule has 1 aliphatic carbocycles. The van der Waals surface area contributed by atoms with Gasteiger partial charge >= 0.3 is 0 Å². The number of nitrogens with one attached hydrogen (secondary N) is 2. The van der Waals surface area contributed by atoms with Crippen molar-refractivity contribution in [3.8, 4) is 5.69 Å². The fourth-order valence-corrected chi connectivity index (χ4v) is 2.85. The zero-order valence-corrected chi connectivity index (χ0v) is 13.4. The highest BCUT2D eigenvalue weighted by Gasteiger charge is 2.32. The minimum atomic E-state index is -0.218. The van der Waals surface area contributed by atoms with E-state index in [1.165, 1.54) is 0 Å². The molecule has 1 amide bonds. The van der Waals surface area contributed by atoms with E-state index in [9.17, 15) is 4.79 Å². The van der Waals surface area contributed by atoms with Gasteiger partial charge in [-0.2, -0.15) is 0 Å². The van der Waals surface area contributed by atoms with Crippen LogP contribution in [0.1, 0.15) is 35.2 Å². The van der Waals surface area contributed by atoms with E-state index < -0.39 is 0 Å². The Hall–Kier alpha value is -1.92. The number of aromatic nitrogens is 3. The number of halogens is 1. The highest BCUT2D eigenvalue weighted by atomic mass is 35.5. The van der Waals surface area contributed by atoms with Crippen LogP contribution in [-0.4, -0.2) is 40.3 Å². The number of rotatable bonds is 5. The fraction of sp³-hybridized carbons (Fsp3) is 0.438. The quantitative estimate of drug-likeness (QED) is 0.875. The summed E-state index contributed by atoms with van der Waals surface area (Å²) in [4.78, 5) is 16.8. The van der Waals surface area contributed by atoms with Gasteiger partial charge in [-0.3, -0.25) is 4.79 Å². The van der Waals surface area contributed by atoms with Crippen molar-refractivity contribution in [2.75, 3.05) is 19.6 Å². The lowest BCUT2D eigenvalue weighted by Crippen LogP contribution is -2.48. The summed E-state index contributed by atoms with van der Waals surface area (Å²) in [5, 5.41) is 11.1. The third-order valence-electron chi connectivity index (χ3n) is 4.28.